The Morgan fingerprint density at radius 3 is 1.85 bits per heavy atom. The molecule has 2 unspecified atom stereocenters. The molecule has 17 heteroatoms. The van der Waals surface area contributed by atoms with Crippen molar-refractivity contribution in [1.82, 2.24) is 46.6 Å². The van der Waals surface area contributed by atoms with E-state index >= 15 is 4.79 Å². The second-order valence-corrected chi connectivity index (χ2v) is 21.3. The molecule has 2 aliphatic heterocycles. The number of nitrogens with zero attached hydrogens (tertiary/aromatic N) is 3. The molecule has 0 radical (unpaired) electrons. The van der Waals surface area contributed by atoms with E-state index in [0.29, 0.717) is 5.56 Å². The van der Waals surface area contributed by atoms with E-state index in [0.717, 1.165) is 41.5 Å². The van der Waals surface area contributed by atoms with Crippen LogP contribution in [0, 0.1) is 10.8 Å². The second kappa shape index (κ2) is 23.8. The number of nitrogens with one attached hydrogen (secondary N) is 6. The summed E-state index contributed by atoms with van der Waals surface area (Å²) < 4.78 is 5.75. The lowest BCUT2D eigenvalue weighted by Gasteiger charge is -2.43. The SMILES string of the molecule is CNCC(=O)NC(C(=O)N1Cc2ccccc2CC1C(=O)N(CC(=O)N[C@H]1C[C@@H](C(=O)N[C@@H]2CCCc3ccccc32)N(C(=O)[C@@H](NC(=O)CNC)C(C)(C)C)C1)[C@@H](COC)c1ccccc1)C(C)(C)C. The van der Waals surface area contributed by atoms with Crippen molar-refractivity contribution in [2.45, 2.75) is 122 Å². The van der Waals surface area contributed by atoms with Crippen LogP contribution in [0.15, 0.2) is 78.9 Å². The van der Waals surface area contributed by atoms with Crippen molar-refractivity contribution in [3.05, 3.63) is 107 Å². The molecule has 7 atom stereocenters. The zero-order valence-corrected chi connectivity index (χ0v) is 42.9. The summed E-state index contributed by atoms with van der Waals surface area (Å²) in [5.74, 6) is -3.07. The Bertz CT molecular complexity index is 2380. The zero-order valence-electron chi connectivity index (χ0n) is 42.9. The molecule has 3 aliphatic rings. The number of benzene rings is 3. The van der Waals surface area contributed by atoms with Crippen LogP contribution in [0.25, 0.3) is 0 Å². The van der Waals surface area contributed by atoms with Crippen LogP contribution < -0.4 is 31.9 Å². The third kappa shape index (κ3) is 13.4. The molecule has 6 N–H and O–H groups in total. The van der Waals surface area contributed by atoms with Crippen LogP contribution in [0.4, 0.5) is 0 Å². The van der Waals surface area contributed by atoms with Gasteiger partial charge in [-0.15, -0.1) is 0 Å². The number of amides is 7. The Labute approximate surface area is 418 Å². The summed E-state index contributed by atoms with van der Waals surface area (Å²) in [7, 11) is 4.79. The maximum Gasteiger partial charge on any atom is 0.246 e. The standard InChI is InChI=1S/C54H75N9O8/c1-53(2,3)47(59-44(64)28-55-7)51(69)61-30-37-22-14-13-21-36(37)26-42(61)50(68)63(43(33-71-9)35-19-11-10-12-20-35)32-46(66)57-38-27-41(49(67)58-40-25-17-23-34-18-15-16-24-39(34)40)62(31-38)52(70)48(54(4,5)6)60-45(65)29-56-8/h10-16,18-22,24,38,40-43,47-48,55-56H,17,23,25-33H2,1-9H3,(H,57,66)(H,58,67)(H,59,64)(H,60,65)/t38-,40+,41-,42?,43-,47?,48+/m0/s1. The van der Waals surface area contributed by atoms with Crippen LogP contribution in [0.5, 0.6) is 0 Å². The highest BCUT2D eigenvalue weighted by Crippen LogP contribution is 2.34. The van der Waals surface area contributed by atoms with Gasteiger partial charge in [0.05, 0.1) is 31.8 Å². The summed E-state index contributed by atoms with van der Waals surface area (Å²) in [6.45, 7) is 10.7. The van der Waals surface area contributed by atoms with Gasteiger partial charge in [-0.3, -0.25) is 33.6 Å². The monoisotopic (exact) mass is 978 g/mol. The van der Waals surface area contributed by atoms with Gasteiger partial charge in [0.15, 0.2) is 0 Å². The Kier molecular flexibility index (Phi) is 18.2. The minimum Gasteiger partial charge on any atom is -0.382 e. The summed E-state index contributed by atoms with van der Waals surface area (Å²) in [6.07, 6.45) is 2.72. The fourth-order valence-electron chi connectivity index (χ4n) is 10.1. The number of rotatable bonds is 18. The average molecular weight is 978 g/mol. The highest BCUT2D eigenvalue weighted by Gasteiger charge is 2.48. The molecule has 71 heavy (non-hydrogen) atoms. The van der Waals surface area contributed by atoms with E-state index in [4.69, 9.17) is 4.74 Å². The van der Waals surface area contributed by atoms with Crippen LogP contribution in [-0.2, 0) is 57.7 Å². The molecule has 2 heterocycles. The molecule has 0 aromatic heterocycles. The highest BCUT2D eigenvalue weighted by atomic mass is 16.5. The molecule has 6 rings (SSSR count). The van der Waals surface area contributed by atoms with Crippen molar-refractivity contribution in [3.8, 4) is 0 Å². The van der Waals surface area contributed by atoms with E-state index in [9.17, 15) is 28.8 Å². The van der Waals surface area contributed by atoms with Crippen molar-refractivity contribution < 1.29 is 38.3 Å². The minimum absolute atomic E-state index is 0.0106. The Morgan fingerprint density at radius 1 is 0.690 bits per heavy atom. The van der Waals surface area contributed by atoms with Crippen molar-refractivity contribution in [1.29, 1.82) is 0 Å². The summed E-state index contributed by atoms with van der Waals surface area (Å²) in [5, 5.41) is 17.8. The average Bonchev–Trinajstić information content (AvgIpc) is 3.76. The summed E-state index contributed by atoms with van der Waals surface area (Å²) in [6, 6.07) is 19.0. The predicted octanol–water partition coefficient (Wildman–Crippen LogP) is 2.94. The van der Waals surface area contributed by atoms with Gasteiger partial charge in [0, 0.05) is 32.7 Å². The number of likely N-dealkylation sites (N-methyl/N-ethyl adjacent to an activating group) is 2. The molecule has 3 aromatic rings. The molecule has 17 nitrogen and oxygen atoms in total. The number of likely N-dealkylation sites (tertiary alicyclic amines) is 1. The number of carbonyl (C=O) groups excluding carboxylic acids is 7. The van der Waals surface area contributed by atoms with Crippen LogP contribution in [0.1, 0.15) is 101 Å². The first kappa shape index (κ1) is 54.2. The summed E-state index contributed by atoms with van der Waals surface area (Å²) >= 11 is 0. The van der Waals surface area contributed by atoms with Crippen LogP contribution >= 0.6 is 0 Å². The smallest absolute Gasteiger partial charge is 0.246 e. The zero-order chi connectivity index (χ0) is 51.6. The van der Waals surface area contributed by atoms with Gasteiger partial charge >= 0.3 is 0 Å². The molecular formula is C54H75N9O8. The van der Waals surface area contributed by atoms with Crippen LogP contribution in [0.3, 0.4) is 0 Å². The third-order valence-electron chi connectivity index (χ3n) is 13.7. The van der Waals surface area contributed by atoms with Crippen LogP contribution in [0.2, 0.25) is 0 Å². The quantitative estimate of drug-likeness (QED) is 0.110. The molecular weight excluding hydrogens is 903 g/mol. The topological polar surface area (TPSA) is 211 Å². The molecule has 0 spiro atoms. The minimum atomic E-state index is -1.08. The predicted molar refractivity (Wildman–Crippen MR) is 270 cm³/mol. The molecule has 1 fully saturated rings. The number of hydrogen-bond donors (Lipinski definition) is 6. The van der Waals surface area contributed by atoms with E-state index in [1.54, 1.807) is 14.1 Å². The number of aryl methyl sites for hydroxylation is 1. The van der Waals surface area contributed by atoms with Gasteiger partial charge in [-0.1, -0.05) is 120 Å². The molecule has 1 saturated heterocycles. The van der Waals surface area contributed by atoms with Gasteiger partial charge in [-0.2, -0.15) is 0 Å². The molecule has 0 saturated carbocycles. The lowest BCUT2D eigenvalue weighted by atomic mass is 9.84. The van der Waals surface area contributed by atoms with Crippen molar-refractivity contribution >= 4 is 41.4 Å². The van der Waals surface area contributed by atoms with E-state index in [1.807, 2.05) is 114 Å². The van der Waals surface area contributed by atoms with Crippen molar-refractivity contribution in [3.63, 3.8) is 0 Å². The molecule has 3 aromatic carbocycles. The first-order valence-corrected chi connectivity index (χ1v) is 24.8. The van der Waals surface area contributed by atoms with Gasteiger partial charge < -0.3 is 51.3 Å². The maximum atomic E-state index is 15.6. The van der Waals surface area contributed by atoms with Gasteiger partial charge in [-0.25, -0.2) is 0 Å². The fraction of sp³-hybridized carbons (Fsp3) is 0.537. The first-order valence-electron chi connectivity index (χ1n) is 24.8. The largest absolute Gasteiger partial charge is 0.382 e. The molecule has 384 valence electrons. The van der Waals surface area contributed by atoms with E-state index in [1.165, 1.54) is 21.8 Å². The number of fused-ring (bicyclic) bond motifs is 2. The number of hydrogen-bond acceptors (Lipinski definition) is 10. The van der Waals surface area contributed by atoms with E-state index in [2.05, 4.69) is 38.0 Å². The number of carbonyl (C=O) groups is 7. The molecule has 0 bridgehead atoms. The highest BCUT2D eigenvalue weighted by molar-refractivity contribution is 5.96. The lowest BCUT2D eigenvalue weighted by Crippen LogP contribution is -2.62. The van der Waals surface area contributed by atoms with Crippen LogP contribution in [-0.4, -0.2) is 140 Å². The Balaban J connectivity index is 1.33. The van der Waals surface area contributed by atoms with Gasteiger partial charge in [0.25, 0.3) is 0 Å². The van der Waals surface area contributed by atoms with Crippen molar-refractivity contribution in [2.75, 3.05) is 54.0 Å². The second-order valence-electron chi connectivity index (χ2n) is 21.3. The summed E-state index contributed by atoms with van der Waals surface area (Å²) in [5.41, 5.74) is 3.13. The van der Waals surface area contributed by atoms with E-state index in [-0.39, 0.29) is 69.4 Å². The normalized spacial score (nSPS) is 20.1. The summed E-state index contributed by atoms with van der Waals surface area (Å²) in [4.78, 5) is 105. The van der Waals surface area contributed by atoms with Crippen molar-refractivity contribution in [2.24, 2.45) is 10.8 Å². The van der Waals surface area contributed by atoms with Gasteiger partial charge in [-0.05, 0) is 78.4 Å². The fourth-order valence-corrected chi connectivity index (χ4v) is 10.1. The maximum absolute atomic E-state index is 15.6. The lowest BCUT2D eigenvalue weighted by molar-refractivity contribution is -0.153. The first-order chi connectivity index (χ1) is 33.7. The van der Waals surface area contributed by atoms with Gasteiger partial charge in [0.1, 0.15) is 30.7 Å². The van der Waals surface area contributed by atoms with E-state index < -0.39 is 77.3 Å². The van der Waals surface area contributed by atoms with Gasteiger partial charge in [0.2, 0.25) is 41.4 Å². The molecule has 1 aliphatic carbocycles. The Hall–Kier alpha value is -6.17. The number of ether oxygens (including phenoxy) is 1. The number of methoxy groups -OCH3 is 1. The third-order valence-corrected chi connectivity index (χ3v) is 13.7. The Morgan fingerprint density at radius 2 is 1.25 bits per heavy atom. The molecule has 7 amide bonds.